The zero-order valence-corrected chi connectivity index (χ0v) is 13.6. The zero-order valence-electron chi connectivity index (χ0n) is 13.6. The van der Waals surface area contributed by atoms with Gasteiger partial charge in [0.05, 0.1) is 6.10 Å². The Kier molecular flexibility index (Phi) is 4.12. The predicted molar refractivity (Wildman–Crippen MR) is 89.1 cm³/mol. The smallest absolute Gasteiger partial charge is 0.0670 e. The van der Waals surface area contributed by atoms with Crippen LogP contribution in [0.25, 0.3) is 0 Å². The van der Waals surface area contributed by atoms with E-state index in [0.29, 0.717) is 17.6 Å². The molecule has 2 fully saturated rings. The Morgan fingerprint density at radius 1 is 1.29 bits per heavy atom. The average Bonchev–Trinajstić information content (AvgIpc) is 2.99. The van der Waals surface area contributed by atoms with Crippen LogP contribution >= 0.6 is 0 Å². The largest absolute Gasteiger partial charge is 0.381 e. The number of nitrogens with one attached hydrogen (secondary N) is 1. The summed E-state index contributed by atoms with van der Waals surface area (Å²) in [5.41, 5.74) is 2.89. The molecule has 1 spiro atoms. The van der Waals surface area contributed by atoms with Gasteiger partial charge in [-0.05, 0) is 44.4 Å². The first-order valence-electron chi connectivity index (χ1n) is 8.31. The van der Waals surface area contributed by atoms with E-state index in [1.165, 1.54) is 37.1 Å². The van der Waals surface area contributed by atoms with Crippen molar-refractivity contribution in [3.8, 4) is 0 Å². The normalized spacial score (nSPS) is 26.6. The second kappa shape index (κ2) is 5.88. The molecule has 0 bridgehead atoms. The van der Waals surface area contributed by atoms with Crippen molar-refractivity contribution in [1.29, 1.82) is 0 Å². The van der Waals surface area contributed by atoms with Gasteiger partial charge in [0.25, 0.3) is 0 Å². The molecule has 2 aliphatic carbocycles. The molecule has 0 saturated heterocycles. The molecule has 21 heavy (non-hydrogen) atoms. The lowest BCUT2D eigenvalue weighted by Crippen LogP contribution is -2.60. The summed E-state index contributed by atoms with van der Waals surface area (Å²) in [4.78, 5) is 2.15. The molecule has 3 rings (SSSR count). The number of hydrogen-bond acceptors (Lipinski definition) is 3. The van der Waals surface area contributed by atoms with E-state index < -0.39 is 0 Å². The maximum absolute atomic E-state index is 6.00. The molecular weight excluding hydrogens is 260 g/mol. The molecule has 1 aromatic carbocycles. The molecule has 0 aromatic heterocycles. The number of hydrogen-bond donors (Lipinski definition) is 1. The Morgan fingerprint density at radius 3 is 2.71 bits per heavy atom. The number of ether oxygens (including phenoxy) is 1. The maximum atomic E-state index is 6.00. The summed E-state index contributed by atoms with van der Waals surface area (Å²) in [6.07, 6.45) is 6.99. The summed E-state index contributed by atoms with van der Waals surface area (Å²) < 4.78 is 6.00. The zero-order chi connectivity index (χ0) is 14.9. The van der Waals surface area contributed by atoms with Crippen LogP contribution in [0.1, 0.15) is 39.0 Å². The summed E-state index contributed by atoms with van der Waals surface area (Å²) in [6.45, 7) is 2.96. The van der Waals surface area contributed by atoms with E-state index in [4.69, 9.17) is 4.74 Å². The third-order valence-electron chi connectivity index (χ3n) is 5.39. The highest BCUT2D eigenvalue weighted by Crippen LogP contribution is 2.55. The van der Waals surface area contributed by atoms with Crippen molar-refractivity contribution in [3.05, 3.63) is 24.3 Å². The maximum Gasteiger partial charge on any atom is 0.0670 e. The van der Waals surface area contributed by atoms with Gasteiger partial charge in [-0.2, -0.15) is 0 Å². The molecule has 2 unspecified atom stereocenters. The molecule has 116 valence electrons. The van der Waals surface area contributed by atoms with E-state index in [1.54, 1.807) is 0 Å². The van der Waals surface area contributed by atoms with Gasteiger partial charge in [-0.15, -0.1) is 0 Å². The summed E-state index contributed by atoms with van der Waals surface area (Å²) in [5.74, 6) is 0. The summed E-state index contributed by atoms with van der Waals surface area (Å²) in [6, 6.07) is 9.30. The van der Waals surface area contributed by atoms with E-state index in [9.17, 15) is 0 Å². The SMILES string of the molecule is CCOC1CC(Nc2cccc(N(C)C)c2)C12CCCC2. The molecule has 0 radical (unpaired) electrons. The Balaban J connectivity index is 1.72. The number of rotatable bonds is 5. The monoisotopic (exact) mass is 288 g/mol. The van der Waals surface area contributed by atoms with Crippen LogP contribution in [0.3, 0.4) is 0 Å². The number of anilines is 2. The van der Waals surface area contributed by atoms with Gasteiger partial charge in [0.2, 0.25) is 0 Å². The van der Waals surface area contributed by atoms with E-state index in [2.05, 4.69) is 55.5 Å². The van der Waals surface area contributed by atoms with Gasteiger partial charge >= 0.3 is 0 Å². The van der Waals surface area contributed by atoms with E-state index in [0.717, 1.165) is 13.0 Å². The fourth-order valence-electron chi connectivity index (χ4n) is 4.16. The average molecular weight is 288 g/mol. The van der Waals surface area contributed by atoms with Crippen LogP contribution in [0.5, 0.6) is 0 Å². The Bertz CT molecular complexity index is 480. The summed E-state index contributed by atoms with van der Waals surface area (Å²) >= 11 is 0. The fraction of sp³-hybridized carbons (Fsp3) is 0.667. The second-order valence-corrected chi connectivity index (χ2v) is 6.76. The van der Waals surface area contributed by atoms with Gasteiger partial charge in [0.1, 0.15) is 0 Å². The summed E-state index contributed by atoms with van der Waals surface area (Å²) in [5, 5.41) is 3.79. The second-order valence-electron chi connectivity index (χ2n) is 6.76. The Morgan fingerprint density at radius 2 is 2.05 bits per heavy atom. The van der Waals surface area contributed by atoms with E-state index in [1.807, 2.05) is 0 Å². The van der Waals surface area contributed by atoms with Crippen molar-refractivity contribution >= 4 is 11.4 Å². The molecule has 2 atom stereocenters. The first kappa shape index (κ1) is 14.7. The Labute approximate surface area is 128 Å². The quantitative estimate of drug-likeness (QED) is 0.889. The van der Waals surface area contributed by atoms with Crippen molar-refractivity contribution < 1.29 is 4.74 Å². The van der Waals surface area contributed by atoms with Crippen molar-refractivity contribution in [2.45, 2.75) is 51.2 Å². The van der Waals surface area contributed by atoms with Crippen molar-refractivity contribution in [1.82, 2.24) is 0 Å². The van der Waals surface area contributed by atoms with Gasteiger partial charge in [-0.3, -0.25) is 0 Å². The van der Waals surface area contributed by atoms with Gasteiger partial charge in [-0.1, -0.05) is 18.9 Å². The van der Waals surface area contributed by atoms with Crippen LogP contribution in [0.4, 0.5) is 11.4 Å². The Hall–Kier alpha value is -1.22. The van der Waals surface area contributed by atoms with Crippen LogP contribution in [0.2, 0.25) is 0 Å². The lowest BCUT2D eigenvalue weighted by molar-refractivity contribution is -0.114. The molecule has 3 nitrogen and oxygen atoms in total. The van der Waals surface area contributed by atoms with Gasteiger partial charge in [0, 0.05) is 43.5 Å². The minimum absolute atomic E-state index is 0.393. The number of nitrogens with zero attached hydrogens (tertiary/aromatic N) is 1. The van der Waals surface area contributed by atoms with Crippen LogP contribution in [-0.4, -0.2) is 32.8 Å². The fourth-order valence-corrected chi connectivity index (χ4v) is 4.16. The van der Waals surface area contributed by atoms with E-state index in [-0.39, 0.29) is 0 Å². The minimum Gasteiger partial charge on any atom is -0.381 e. The van der Waals surface area contributed by atoms with Crippen LogP contribution in [0, 0.1) is 5.41 Å². The molecular formula is C18H28N2O. The summed E-state index contributed by atoms with van der Waals surface area (Å²) in [7, 11) is 4.18. The third kappa shape index (κ3) is 2.64. The molecule has 0 heterocycles. The third-order valence-corrected chi connectivity index (χ3v) is 5.39. The van der Waals surface area contributed by atoms with Crippen LogP contribution in [0.15, 0.2) is 24.3 Å². The molecule has 3 heteroatoms. The number of benzene rings is 1. The lowest BCUT2D eigenvalue weighted by atomic mass is 9.60. The van der Waals surface area contributed by atoms with Crippen molar-refractivity contribution in [3.63, 3.8) is 0 Å². The van der Waals surface area contributed by atoms with Crippen molar-refractivity contribution in [2.24, 2.45) is 5.41 Å². The molecule has 1 aromatic rings. The van der Waals surface area contributed by atoms with Gasteiger partial charge < -0.3 is 15.0 Å². The lowest BCUT2D eigenvalue weighted by Gasteiger charge is -2.54. The first-order valence-corrected chi connectivity index (χ1v) is 8.31. The highest BCUT2D eigenvalue weighted by atomic mass is 16.5. The molecule has 0 aliphatic heterocycles. The minimum atomic E-state index is 0.393. The van der Waals surface area contributed by atoms with Crippen LogP contribution < -0.4 is 10.2 Å². The molecule has 2 aliphatic rings. The standard InChI is InChI=1S/C18H28N2O/c1-4-21-17-13-16(18(17)10-5-6-11-18)19-14-8-7-9-15(12-14)20(2)3/h7-9,12,16-17,19H,4-6,10-11,13H2,1-3H3. The molecule has 1 N–H and O–H groups in total. The van der Waals surface area contributed by atoms with Gasteiger partial charge in [0.15, 0.2) is 0 Å². The van der Waals surface area contributed by atoms with E-state index >= 15 is 0 Å². The predicted octanol–water partition coefficient (Wildman–Crippen LogP) is 3.90. The topological polar surface area (TPSA) is 24.5 Å². The molecule has 2 saturated carbocycles. The van der Waals surface area contributed by atoms with Crippen LogP contribution in [-0.2, 0) is 4.74 Å². The first-order chi connectivity index (χ1) is 10.2. The van der Waals surface area contributed by atoms with Crippen molar-refractivity contribution in [2.75, 3.05) is 30.9 Å². The highest BCUT2D eigenvalue weighted by Gasteiger charge is 2.56. The molecule has 0 amide bonds. The van der Waals surface area contributed by atoms with Gasteiger partial charge in [-0.25, -0.2) is 0 Å². The highest BCUT2D eigenvalue weighted by molar-refractivity contribution is 5.58.